The molecule has 3 nitrogen and oxygen atoms in total. The molecular weight excluding hydrogens is 226 g/mol. The first kappa shape index (κ1) is 10.5. The zero-order valence-electron chi connectivity index (χ0n) is 10.3. The Labute approximate surface area is 107 Å². The minimum absolute atomic E-state index is 0.0232. The smallest absolute Gasteiger partial charge is 0.310 e. The van der Waals surface area contributed by atoms with Crippen LogP contribution in [0.4, 0.5) is 0 Å². The summed E-state index contributed by atoms with van der Waals surface area (Å²) < 4.78 is 5.87. The van der Waals surface area contributed by atoms with E-state index in [2.05, 4.69) is 4.98 Å². The molecule has 0 radical (unpaired) electrons. The van der Waals surface area contributed by atoms with Gasteiger partial charge in [0.2, 0.25) is 0 Å². The Morgan fingerprint density at radius 3 is 3.06 bits per heavy atom. The molecule has 94 valence electrons. The lowest BCUT2D eigenvalue weighted by atomic mass is 9.70. The van der Waals surface area contributed by atoms with Crippen molar-refractivity contribution >= 4 is 5.97 Å². The molecule has 4 atom stereocenters. The maximum Gasteiger partial charge on any atom is 0.310 e. The van der Waals surface area contributed by atoms with Crippen LogP contribution in [0.2, 0.25) is 0 Å². The molecular formula is C15H17NO2. The predicted octanol–water partition coefficient (Wildman–Crippen LogP) is 2.66. The van der Waals surface area contributed by atoms with Gasteiger partial charge in [-0.05, 0) is 43.7 Å². The predicted molar refractivity (Wildman–Crippen MR) is 65.6 cm³/mol. The van der Waals surface area contributed by atoms with Crippen molar-refractivity contribution < 1.29 is 9.53 Å². The maximum absolute atomic E-state index is 12.1. The molecule has 3 aliphatic rings. The van der Waals surface area contributed by atoms with Gasteiger partial charge in [-0.15, -0.1) is 0 Å². The van der Waals surface area contributed by atoms with Crippen LogP contribution in [0.1, 0.15) is 37.8 Å². The Morgan fingerprint density at radius 2 is 2.22 bits per heavy atom. The summed E-state index contributed by atoms with van der Waals surface area (Å²) >= 11 is 0. The lowest BCUT2D eigenvalue weighted by Gasteiger charge is -2.32. The van der Waals surface area contributed by atoms with E-state index in [-0.39, 0.29) is 11.9 Å². The van der Waals surface area contributed by atoms with Crippen molar-refractivity contribution in [3.8, 4) is 0 Å². The van der Waals surface area contributed by atoms with Gasteiger partial charge in [0.1, 0.15) is 0 Å². The second kappa shape index (κ2) is 3.56. The molecule has 3 fully saturated rings. The Bertz CT molecular complexity index is 487. The second-order valence-corrected chi connectivity index (χ2v) is 5.89. The summed E-state index contributed by atoms with van der Waals surface area (Å²) in [5.41, 5.74) is 0.573. The quantitative estimate of drug-likeness (QED) is 0.712. The molecule has 2 heterocycles. The fraction of sp³-hybridized carbons (Fsp3) is 0.600. The van der Waals surface area contributed by atoms with E-state index in [0.717, 1.165) is 18.5 Å². The van der Waals surface area contributed by atoms with Crippen LogP contribution in [0.5, 0.6) is 0 Å². The van der Waals surface area contributed by atoms with E-state index in [1.807, 2.05) is 18.2 Å². The number of rotatable bonds is 1. The van der Waals surface area contributed by atoms with E-state index < -0.39 is 5.60 Å². The van der Waals surface area contributed by atoms with Gasteiger partial charge in [0, 0.05) is 12.1 Å². The summed E-state index contributed by atoms with van der Waals surface area (Å²) in [6, 6.07) is 5.93. The largest absolute Gasteiger partial charge is 0.452 e. The van der Waals surface area contributed by atoms with E-state index in [0.29, 0.717) is 11.8 Å². The highest BCUT2D eigenvalue weighted by molar-refractivity contribution is 5.77. The van der Waals surface area contributed by atoms with Gasteiger partial charge in [0.25, 0.3) is 0 Å². The van der Waals surface area contributed by atoms with Gasteiger partial charge in [0.15, 0.2) is 5.60 Å². The average Bonchev–Trinajstić information content (AvgIpc) is 2.93. The number of hydrogen-bond acceptors (Lipinski definition) is 3. The summed E-state index contributed by atoms with van der Waals surface area (Å²) in [6.07, 6.45) is 7.40. The zero-order valence-corrected chi connectivity index (χ0v) is 10.3. The van der Waals surface area contributed by atoms with Crippen LogP contribution in [-0.4, -0.2) is 11.0 Å². The second-order valence-electron chi connectivity index (χ2n) is 5.89. The van der Waals surface area contributed by atoms with Crippen molar-refractivity contribution in [1.29, 1.82) is 0 Å². The van der Waals surface area contributed by atoms with Crippen molar-refractivity contribution in [2.24, 2.45) is 17.8 Å². The first-order valence-electron chi connectivity index (χ1n) is 6.96. The summed E-state index contributed by atoms with van der Waals surface area (Å²) in [5.74, 6) is 1.20. The van der Waals surface area contributed by atoms with Crippen molar-refractivity contribution in [3.05, 3.63) is 30.1 Å². The Morgan fingerprint density at radius 1 is 1.28 bits per heavy atom. The highest BCUT2D eigenvalue weighted by Gasteiger charge is 2.63. The molecule has 1 aromatic rings. The molecule has 18 heavy (non-hydrogen) atoms. The number of carbonyl (C=O) groups excluding carboxylic acids is 1. The minimum atomic E-state index is -0.395. The number of aromatic nitrogens is 1. The van der Waals surface area contributed by atoms with Crippen LogP contribution in [0.15, 0.2) is 24.4 Å². The molecule has 1 saturated heterocycles. The van der Waals surface area contributed by atoms with Gasteiger partial charge < -0.3 is 4.74 Å². The number of nitrogens with zero attached hydrogens (tertiary/aromatic N) is 1. The molecule has 1 aliphatic heterocycles. The molecule has 2 saturated carbocycles. The number of ether oxygens (including phenoxy) is 1. The molecule has 4 rings (SSSR count). The summed E-state index contributed by atoms with van der Waals surface area (Å²) in [6.45, 7) is 0. The highest BCUT2D eigenvalue weighted by atomic mass is 16.6. The van der Waals surface area contributed by atoms with Gasteiger partial charge in [-0.3, -0.25) is 9.78 Å². The fourth-order valence-electron chi connectivity index (χ4n) is 4.49. The average molecular weight is 243 g/mol. The lowest BCUT2D eigenvalue weighted by molar-refractivity contribution is -0.152. The van der Waals surface area contributed by atoms with Crippen LogP contribution in [0, 0.1) is 17.8 Å². The van der Waals surface area contributed by atoms with Crippen molar-refractivity contribution in [2.75, 3.05) is 0 Å². The van der Waals surface area contributed by atoms with Crippen LogP contribution < -0.4 is 0 Å². The lowest BCUT2D eigenvalue weighted by Crippen LogP contribution is -2.34. The van der Waals surface area contributed by atoms with Gasteiger partial charge in [0.05, 0.1) is 11.6 Å². The standard InChI is InChI=1S/C15H17NO2/c17-14-11-5-3-4-10-7-8-15(18-14,13(10)11)12-6-1-2-9-16-12/h1-2,6,9-11,13H,3-5,7-8H2/t10-,11-,13+,15-/m1/s1. The van der Waals surface area contributed by atoms with E-state index in [4.69, 9.17) is 4.74 Å². The summed E-state index contributed by atoms with van der Waals surface area (Å²) in [5, 5.41) is 0. The zero-order chi connectivity index (χ0) is 12.2. The number of carbonyl (C=O) groups is 1. The fourth-order valence-corrected chi connectivity index (χ4v) is 4.49. The number of esters is 1. The van der Waals surface area contributed by atoms with E-state index in [1.54, 1.807) is 6.20 Å². The van der Waals surface area contributed by atoms with Gasteiger partial charge in [-0.2, -0.15) is 0 Å². The first-order chi connectivity index (χ1) is 8.81. The van der Waals surface area contributed by atoms with Gasteiger partial charge in [-0.1, -0.05) is 12.5 Å². The summed E-state index contributed by atoms with van der Waals surface area (Å²) in [7, 11) is 0. The molecule has 0 unspecified atom stereocenters. The third kappa shape index (κ3) is 1.20. The molecule has 3 heteroatoms. The van der Waals surface area contributed by atoms with Crippen molar-refractivity contribution in [2.45, 2.75) is 37.7 Å². The Balaban J connectivity index is 1.83. The number of pyridine rings is 1. The highest BCUT2D eigenvalue weighted by Crippen LogP contribution is 2.61. The molecule has 0 amide bonds. The van der Waals surface area contributed by atoms with E-state index in [9.17, 15) is 4.79 Å². The molecule has 0 N–H and O–H groups in total. The van der Waals surface area contributed by atoms with E-state index in [1.165, 1.54) is 19.3 Å². The number of hydrogen-bond donors (Lipinski definition) is 0. The molecule has 1 aromatic heterocycles. The van der Waals surface area contributed by atoms with E-state index >= 15 is 0 Å². The monoisotopic (exact) mass is 243 g/mol. The third-order valence-corrected chi connectivity index (χ3v) is 5.14. The topological polar surface area (TPSA) is 39.2 Å². The van der Waals surface area contributed by atoms with Crippen LogP contribution in [0.25, 0.3) is 0 Å². The Hall–Kier alpha value is -1.38. The maximum atomic E-state index is 12.1. The van der Waals surface area contributed by atoms with Crippen LogP contribution in [0.3, 0.4) is 0 Å². The van der Waals surface area contributed by atoms with Crippen molar-refractivity contribution in [3.63, 3.8) is 0 Å². The SMILES string of the molecule is O=C1O[C@@]2(c3ccccn3)CC[C@H]3CCC[C@@H]1[C@H]32. The van der Waals surface area contributed by atoms with Crippen LogP contribution in [-0.2, 0) is 15.1 Å². The first-order valence-corrected chi connectivity index (χ1v) is 6.96. The molecule has 0 aromatic carbocycles. The third-order valence-electron chi connectivity index (χ3n) is 5.14. The van der Waals surface area contributed by atoms with Crippen LogP contribution >= 0.6 is 0 Å². The normalized spacial score (nSPS) is 41.6. The minimum Gasteiger partial charge on any atom is -0.452 e. The Kier molecular flexibility index (Phi) is 2.08. The molecule has 2 aliphatic carbocycles. The molecule has 0 spiro atoms. The van der Waals surface area contributed by atoms with Gasteiger partial charge >= 0.3 is 5.97 Å². The summed E-state index contributed by atoms with van der Waals surface area (Å²) in [4.78, 5) is 16.6. The van der Waals surface area contributed by atoms with Crippen molar-refractivity contribution in [1.82, 2.24) is 4.98 Å². The van der Waals surface area contributed by atoms with Gasteiger partial charge in [-0.25, -0.2) is 0 Å². The molecule has 0 bridgehead atoms.